The van der Waals surface area contributed by atoms with Crippen LogP contribution >= 0.6 is 12.4 Å². The summed E-state index contributed by atoms with van der Waals surface area (Å²) in [4.78, 5) is 27.8. The number of morpholine rings is 1. The lowest BCUT2D eigenvalue weighted by Crippen LogP contribution is -2.47. The summed E-state index contributed by atoms with van der Waals surface area (Å²) in [5.41, 5.74) is 0. The average Bonchev–Trinajstić information content (AvgIpc) is 2.53. The van der Waals surface area contributed by atoms with Crippen LogP contribution in [0.4, 0.5) is 0 Å². The smallest absolute Gasteiger partial charge is 0.223 e. The van der Waals surface area contributed by atoms with Gasteiger partial charge in [-0.15, -0.1) is 12.4 Å². The van der Waals surface area contributed by atoms with Gasteiger partial charge in [0.25, 0.3) is 0 Å². The molecule has 0 aromatic rings. The minimum atomic E-state index is 0. The van der Waals surface area contributed by atoms with Crippen molar-refractivity contribution < 1.29 is 14.3 Å². The van der Waals surface area contributed by atoms with E-state index < -0.39 is 0 Å². The van der Waals surface area contributed by atoms with Crippen molar-refractivity contribution in [2.24, 2.45) is 0 Å². The van der Waals surface area contributed by atoms with Gasteiger partial charge in [-0.05, 0) is 19.9 Å². The summed E-state index contributed by atoms with van der Waals surface area (Å²) in [6.07, 6.45) is 2.80. The molecule has 0 radical (unpaired) electrons. The number of hydrogen-bond donors (Lipinski definition) is 1. The summed E-state index contributed by atoms with van der Waals surface area (Å²) < 4.78 is 5.22. The molecule has 7 heteroatoms. The van der Waals surface area contributed by atoms with Crippen LogP contribution in [-0.2, 0) is 14.3 Å². The minimum Gasteiger partial charge on any atom is -0.378 e. The molecular weight excluding hydrogens is 294 g/mol. The van der Waals surface area contributed by atoms with Crippen molar-refractivity contribution in [2.45, 2.75) is 31.7 Å². The molecule has 0 spiro atoms. The molecule has 2 aliphatic heterocycles. The first kappa shape index (κ1) is 18.2. The SMILES string of the molecule is CNC1CCCN(C(=O)CCC(=O)N2CCOCC2)C1.Cl. The van der Waals surface area contributed by atoms with E-state index >= 15 is 0 Å². The van der Waals surface area contributed by atoms with Gasteiger partial charge in [-0.25, -0.2) is 0 Å². The molecule has 2 fully saturated rings. The molecule has 1 N–H and O–H groups in total. The second kappa shape index (κ2) is 9.23. The quantitative estimate of drug-likeness (QED) is 0.807. The molecule has 6 nitrogen and oxygen atoms in total. The Balaban J connectivity index is 0.00000220. The number of rotatable bonds is 4. The van der Waals surface area contributed by atoms with Gasteiger partial charge in [-0.1, -0.05) is 0 Å². The van der Waals surface area contributed by atoms with E-state index in [0.29, 0.717) is 45.2 Å². The maximum atomic E-state index is 12.1. The molecule has 0 aromatic heterocycles. The highest BCUT2D eigenvalue weighted by atomic mass is 35.5. The molecule has 0 aromatic carbocycles. The second-order valence-electron chi connectivity index (χ2n) is 5.46. The van der Waals surface area contributed by atoms with Crippen molar-refractivity contribution in [1.29, 1.82) is 0 Å². The van der Waals surface area contributed by atoms with Crippen LogP contribution in [0.2, 0.25) is 0 Å². The fraction of sp³-hybridized carbons (Fsp3) is 0.857. The van der Waals surface area contributed by atoms with Gasteiger partial charge >= 0.3 is 0 Å². The summed E-state index contributed by atoms with van der Waals surface area (Å²) in [5.74, 6) is 0.176. The number of nitrogens with one attached hydrogen (secondary N) is 1. The van der Waals surface area contributed by atoms with Crippen LogP contribution in [0.5, 0.6) is 0 Å². The molecule has 2 amide bonds. The third kappa shape index (κ3) is 5.45. The standard InChI is InChI=1S/C14H25N3O3.ClH/c1-15-12-3-2-6-17(11-12)14(19)5-4-13(18)16-7-9-20-10-8-16;/h12,15H,2-11H2,1H3;1H. The van der Waals surface area contributed by atoms with Gasteiger partial charge in [0, 0.05) is 45.1 Å². The summed E-state index contributed by atoms with van der Waals surface area (Å²) in [6.45, 7) is 4.10. The Morgan fingerprint density at radius 2 is 1.71 bits per heavy atom. The Morgan fingerprint density at radius 3 is 2.33 bits per heavy atom. The first-order chi connectivity index (χ1) is 9.70. The van der Waals surface area contributed by atoms with Gasteiger partial charge in [0.2, 0.25) is 11.8 Å². The van der Waals surface area contributed by atoms with E-state index in [-0.39, 0.29) is 24.2 Å². The number of nitrogens with zero attached hydrogens (tertiary/aromatic N) is 2. The number of amides is 2. The van der Waals surface area contributed by atoms with Crippen LogP contribution in [0.15, 0.2) is 0 Å². The third-order valence-electron chi connectivity index (χ3n) is 4.10. The van der Waals surface area contributed by atoms with Crippen molar-refractivity contribution in [3.63, 3.8) is 0 Å². The number of hydrogen-bond acceptors (Lipinski definition) is 4. The first-order valence-corrected chi connectivity index (χ1v) is 7.51. The van der Waals surface area contributed by atoms with E-state index in [1.807, 2.05) is 11.9 Å². The molecule has 2 saturated heterocycles. The normalized spacial score (nSPS) is 22.6. The van der Waals surface area contributed by atoms with Crippen LogP contribution in [-0.4, -0.2) is 74.1 Å². The number of piperidine rings is 1. The summed E-state index contributed by atoms with van der Waals surface area (Å²) >= 11 is 0. The van der Waals surface area contributed by atoms with Gasteiger partial charge < -0.3 is 19.9 Å². The number of carbonyl (C=O) groups excluding carboxylic acids is 2. The Kier molecular flexibility index (Phi) is 8.00. The Labute approximate surface area is 132 Å². The Hall–Kier alpha value is -0.850. The maximum absolute atomic E-state index is 12.1. The summed E-state index contributed by atoms with van der Waals surface area (Å²) in [6, 6.07) is 0.391. The van der Waals surface area contributed by atoms with Gasteiger partial charge in [-0.2, -0.15) is 0 Å². The monoisotopic (exact) mass is 319 g/mol. The second-order valence-corrected chi connectivity index (χ2v) is 5.46. The molecule has 1 atom stereocenters. The molecule has 2 rings (SSSR count). The molecule has 2 heterocycles. The van der Waals surface area contributed by atoms with Crippen LogP contribution in [0.1, 0.15) is 25.7 Å². The highest BCUT2D eigenvalue weighted by Crippen LogP contribution is 2.12. The first-order valence-electron chi connectivity index (χ1n) is 7.51. The molecule has 0 bridgehead atoms. The zero-order chi connectivity index (χ0) is 14.4. The van der Waals surface area contributed by atoms with Gasteiger partial charge in [-0.3, -0.25) is 9.59 Å². The molecule has 1 unspecified atom stereocenters. The van der Waals surface area contributed by atoms with Crippen molar-refractivity contribution >= 4 is 24.2 Å². The van der Waals surface area contributed by atoms with Crippen molar-refractivity contribution in [2.75, 3.05) is 46.4 Å². The zero-order valence-corrected chi connectivity index (χ0v) is 13.5. The van der Waals surface area contributed by atoms with Crippen LogP contribution in [0.3, 0.4) is 0 Å². The number of likely N-dealkylation sites (N-methyl/N-ethyl adjacent to an activating group) is 1. The molecule has 2 aliphatic rings. The van der Waals surface area contributed by atoms with E-state index in [1.165, 1.54) is 0 Å². The summed E-state index contributed by atoms with van der Waals surface area (Å²) in [5, 5.41) is 3.22. The zero-order valence-electron chi connectivity index (χ0n) is 12.7. The van der Waals surface area contributed by atoms with E-state index in [9.17, 15) is 9.59 Å². The van der Waals surface area contributed by atoms with Gasteiger partial charge in [0.1, 0.15) is 0 Å². The number of ether oxygens (including phenoxy) is 1. The largest absolute Gasteiger partial charge is 0.378 e. The van der Waals surface area contributed by atoms with Crippen molar-refractivity contribution in [1.82, 2.24) is 15.1 Å². The molecule has 122 valence electrons. The van der Waals surface area contributed by atoms with E-state index in [4.69, 9.17) is 4.74 Å². The van der Waals surface area contributed by atoms with Crippen LogP contribution < -0.4 is 5.32 Å². The van der Waals surface area contributed by atoms with Crippen molar-refractivity contribution in [3.8, 4) is 0 Å². The lowest BCUT2D eigenvalue weighted by atomic mass is 10.1. The molecular formula is C14H26ClN3O3. The van der Waals surface area contributed by atoms with Gasteiger partial charge in [0.15, 0.2) is 0 Å². The number of likely N-dealkylation sites (tertiary alicyclic amines) is 1. The fourth-order valence-corrected chi connectivity index (χ4v) is 2.78. The number of halogens is 1. The van der Waals surface area contributed by atoms with E-state index in [0.717, 1.165) is 25.9 Å². The van der Waals surface area contributed by atoms with Crippen LogP contribution in [0, 0.1) is 0 Å². The maximum Gasteiger partial charge on any atom is 0.223 e. The van der Waals surface area contributed by atoms with Crippen molar-refractivity contribution in [3.05, 3.63) is 0 Å². The lowest BCUT2D eigenvalue weighted by Gasteiger charge is -2.33. The molecule has 21 heavy (non-hydrogen) atoms. The highest BCUT2D eigenvalue weighted by molar-refractivity contribution is 5.85. The average molecular weight is 320 g/mol. The summed E-state index contributed by atoms with van der Waals surface area (Å²) in [7, 11) is 1.93. The minimum absolute atomic E-state index is 0. The predicted octanol–water partition coefficient (Wildman–Crippen LogP) is 0.258. The Bertz CT molecular complexity index is 348. The van der Waals surface area contributed by atoms with E-state index in [1.54, 1.807) is 4.90 Å². The molecule has 0 saturated carbocycles. The highest BCUT2D eigenvalue weighted by Gasteiger charge is 2.24. The van der Waals surface area contributed by atoms with Crippen LogP contribution in [0.25, 0.3) is 0 Å². The molecule has 0 aliphatic carbocycles. The predicted molar refractivity (Wildman–Crippen MR) is 82.5 cm³/mol. The fourth-order valence-electron chi connectivity index (χ4n) is 2.78. The number of carbonyl (C=O) groups is 2. The lowest BCUT2D eigenvalue weighted by molar-refractivity contribution is -0.139. The van der Waals surface area contributed by atoms with E-state index in [2.05, 4.69) is 5.32 Å². The third-order valence-corrected chi connectivity index (χ3v) is 4.10. The van der Waals surface area contributed by atoms with Gasteiger partial charge in [0.05, 0.1) is 13.2 Å². The Morgan fingerprint density at radius 1 is 1.10 bits per heavy atom. The topological polar surface area (TPSA) is 61.9 Å².